The van der Waals surface area contributed by atoms with Crippen LogP contribution in [0.25, 0.3) is 17.2 Å². The third kappa shape index (κ3) is 2.72. The number of fused-ring (bicyclic) bond motifs is 1. The Balaban J connectivity index is 1.68. The van der Waals surface area contributed by atoms with Crippen molar-refractivity contribution in [1.29, 1.82) is 0 Å². The number of benzene rings is 1. The Hall–Kier alpha value is -2.14. The lowest BCUT2D eigenvalue weighted by molar-refractivity contribution is -0.127. The van der Waals surface area contributed by atoms with E-state index in [9.17, 15) is 9.90 Å². The van der Waals surface area contributed by atoms with Crippen LogP contribution in [-0.2, 0) is 4.79 Å². The second-order valence-electron chi connectivity index (χ2n) is 4.91. The van der Waals surface area contributed by atoms with E-state index in [1.807, 2.05) is 24.3 Å². The lowest BCUT2D eigenvalue weighted by Crippen LogP contribution is -2.39. The summed E-state index contributed by atoms with van der Waals surface area (Å²) in [6.45, 7) is 1.19. The Morgan fingerprint density at radius 3 is 2.85 bits per heavy atom. The van der Waals surface area contributed by atoms with Gasteiger partial charge in [-0.2, -0.15) is 0 Å². The number of amides is 1. The molecule has 20 heavy (non-hydrogen) atoms. The van der Waals surface area contributed by atoms with E-state index in [1.54, 1.807) is 11.0 Å². The van der Waals surface area contributed by atoms with Crippen molar-refractivity contribution in [3.8, 4) is 0 Å². The summed E-state index contributed by atoms with van der Waals surface area (Å²) in [6.07, 6.45) is 4.07. The van der Waals surface area contributed by atoms with Crippen molar-refractivity contribution < 1.29 is 14.3 Å². The molecule has 2 heterocycles. The molecule has 1 saturated heterocycles. The zero-order valence-electron chi connectivity index (χ0n) is 11.0. The maximum Gasteiger partial charge on any atom is 0.246 e. The minimum Gasteiger partial charge on any atom is -0.437 e. The number of carbonyl (C=O) groups excluding carboxylic acids is 1. The average molecular weight is 272 g/mol. The molecule has 0 bridgehead atoms. The van der Waals surface area contributed by atoms with Gasteiger partial charge in [-0.1, -0.05) is 12.1 Å². The topological polar surface area (TPSA) is 66.6 Å². The SMILES string of the molecule is O=C(/C=C/c1nc2ccccc2o1)N1CCC(O)CC1. The smallest absolute Gasteiger partial charge is 0.246 e. The van der Waals surface area contributed by atoms with E-state index in [0.29, 0.717) is 37.4 Å². The van der Waals surface area contributed by atoms with Gasteiger partial charge < -0.3 is 14.4 Å². The van der Waals surface area contributed by atoms with Crippen LogP contribution in [0.4, 0.5) is 0 Å². The summed E-state index contributed by atoms with van der Waals surface area (Å²) in [4.78, 5) is 18.0. The number of aromatic nitrogens is 1. The highest BCUT2D eigenvalue weighted by Gasteiger charge is 2.19. The molecule has 1 aliphatic heterocycles. The second kappa shape index (κ2) is 5.46. The fraction of sp³-hybridized carbons (Fsp3) is 0.333. The lowest BCUT2D eigenvalue weighted by atomic mass is 10.1. The Bertz CT molecular complexity index is 606. The largest absolute Gasteiger partial charge is 0.437 e. The molecule has 0 spiro atoms. The average Bonchev–Trinajstić information content (AvgIpc) is 2.88. The van der Waals surface area contributed by atoms with Crippen molar-refractivity contribution in [2.24, 2.45) is 0 Å². The zero-order chi connectivity index (χ0) is 13.9. The van der Waals surface area contributed by atoms with Crippen LogP contribution in [0.5, 0.6) is 0 Å². The highest BCUT2D eigenvalue weighted by molar-refractivity contribution is 5.91. The molecule has 0 radical (unpaired) electrons. The molecule has 0 unspecified atom stereocenters. The van der Waals surface area contributed by atoms with Gasteiger partial charge in [0.05, 0.1) is 6.10 Å². The van der Waals surface area contributed by atoms with Crippen LogP contribution in [0.15, 0.2) is 34.8 Å². The second-order valence-corrected chi connectivity index (χ2v) is 4.91. The van der Waals surface area contributed by atoms with E-state index >= 15 is 0 Å². The van der Waals surface area contributed by atoms with Gasteiger partial charge in [0.1, 0.15) is 5.52 Å². The molecule has 5 nitrogen and oxygen atoms in total. The minimum atomic E-state index is -0.278. The highest BCUT2D eigenvalue weighted by Crippen LogP contribution is 2.16. The number of hydrogen-bond donors (Lipinski definition) is 1. The summed E-state index contributed by atoms with van der Waals surface area (Å²) in [5.41, 5.74) is 1.49. The summed E-state index contributed by atoms with van der Waals surface area (Å²) in [7, 11) is 0. The zero-order valence-corrected chi connectivity index (χ0v) is 11.0. The van der Waals surface area contributed by atoms with Crippen LogP contribution in [0.1, 0.15) is 18.7 Å². The summed E-state index contributed by atoms with van der Waals surface area (Å²) in [5, 5.41) is 9.42. The summed E-state index contributed by atoms with van der Waals surface area (Å²) in [6, 6.07) is 7.48. The Morgan fingerprint density at radius 2 is 2.10 bits per heavy atom. The van der Waals surface area contributed by atoms with E-state index in [4.69, 9.17) is 4.42 Å². The summed E-state index contributed by atoms with van der Waals surface area (Å²) < 4.78 is 5.51. The van der Waals surface area contributed by atoms with E-state index in [-0.39, 0.29) is 12.0 Å². The predicted octanol–water partition coefficient (Wildman–Crippen LogP) is 1.82. The predicted molar refractivity (Wildman–Crippen MR) is 74.9 cm³/mol. The molecule has 2 aromatic rings. The molecule has 1 aromatic heterocycles. The van der Waals surface area contributed by atoms with Crippen LogP contribution >= 0.6 is 0 Å². The number of aliphatic hydroxyl groups excluding tert-OH is 1. The van der Waals surface area contributed by atoms with Gasteiger partial charge in [0.2, 0.25) is 11.8 Å². The molecule has 1 amide bonds. The van der Waals surface area contributed by atoms with Gasteiger partial charge in [0, 0.05) is 25.2 Å². The molecule has 5 heteroatoms. The van der Waals surface area contributed by atoms with Crippen LogP contribution in [0, 0.1) is 0 Å². The molecular weight excluding hydrogens is 256 g/mol. The van der Waals surface area contributed by atoms with Crippen LogP contribution < -0.4 is 0 Å². The number of hydrogen-bond acceptors (Lipinski definition) is 4. The van der Waals surface area contributed by atoms with Crippen molar-refractivity contribution in [2.75, 3.05) is 13.1 Å². The fourth-order valence-electron chi connectivity index (χ4n) is 2.30. The van der Waals surface area contributed by atoms with Gasteiger partial charge in [-0.25, -0.2) is 4.98 Å². The number of oxazole rings is 1. The number of aliphatic hydroxyl groups is 1. The molecule has 1 aliphatic rings. The van der Waals surface area contributed by atoms with Gasteiger partial charge in [-0.05, 0) is 25.0 Å². The minimum absolute atomic E-state index is 0.0702. The number of para-hydroxylation sites is 2. The van der Waals surface area contributed by atoms with Crippen LogP contribution in [0.3, 0.4) is 0 Å². The molecule has 1 N–H and O–H groups in total. The third-order valence-electron chi connectivity index (χ3n) is 3.46. The normalized spacial score (nSPS) is 17.1. The first-order chi connectivity index (χ1) is 9.72. The van der Waals surface area contributed by atoms with Gasteiger partial charge >= 0.3 is 0 Å². The van der Waals surface area contributed by atoms with Crippen molar-refractivity contribution >= 4 is 23.1 Å². The lowest BCUT2D eigenvalue weighted by Gasteiger charge is -2.28. The Morgan fingerprint density at radius 1 is 1.35 bits per heavy atom. The van der Waals surface area contributed by atoms with Crippen molar-refractivity contribution in [3.05, 3.63) is 36.2 Å². The summed E-state index contributed by atoms with van der Waals surface area (Å²) in [5.74, 6) is 0.357. The van der Waals surface area contributed by atoms with Crippen molar-refractivity contribution in [2.45, 2.75) is 18.9 Å². The first kappa shape index (κ1) is 12.9. The number of carbonyl (C=O) groups is 1. The quantitative estimate of drug-likeness (QED) is 0.847. The number of piperidine rings is 1. The molecule has 0 aliphatic carbocycles. The molecule has 3 rings (SSSR count). The van der Waals surface area contributed by atoms with Gasteiger partial charge in [0.15, 0.2) is 5.58 Å². The monoisotopic (exact) mass is 272 g/mol. The molecule has 0 saturated carbocycles. The van der Waals surface area contributed by atoms with E-state index in [1.165, 1.54) is 6.08 Å². The van der Waals surface area contributed by atoms with Crippen molar-refractivity contribution in [3.63, 3.8) is 0 Å². The molecular formula is C15H16N2O3. The van der Waals surface area contributed by atoms with E-state index in [0.717, 1.165) is 5.52 Å². The van der Waals surface area contributed by atoms with Gasteiger partial charge in [0.25, 0.3) is 0 Å². The van der Waals surface area contributed by atoms with Gasteiger partial charge in [-0.3, -0.25) is 4.79 Å². The van der Waals surface area contributed by atoms with E-state index < -0.39 is 0 Å². The number of likely N-dealkylation sites (tertiary alicyclic amines) is 1. The first-order valence-electron chi connectivity index (χ1n) is 6.73. The maximum atomic E-state index is 12.0. The number of nitrogens with zero attached hydrogens (tertiary/aromatic N) is 2. The summed E-state index contributed by atoms with van der Waals surface area (Å²) >= 11 is 0. The van der Waals surface area contributed by atoms with Crippen LogP contribution in [-0.4, -0.2) is 40.1 Å². The van der Waals surface area contributed by atoms with E-state index in [2.05, 4.69) is 4.98 Å². The molecule has 1 fully saturated rings. The van der Waals surface area contributed by atoms with Crippen molar-refractivity contribution in [1.82, 2.24) is 9.88 Å². The third-order valence-corrected chi connectivity index (χ3v) is 3.46. The Labute approximate surface area is 116 Å². The molecule has 104 valence electrons. The number of rotatable bonds is 2. The maximum absolute atomic E-state index is 12.0. The Kier molecular flexibility index (Phi) is 3.52. The highest BCUT2D eigenvalue weighted by atomic mass is 16.3. The van der Waals surface area contributed by atoms with Crippen LogP contribution in [0.2, 0.25) is 0 Å². The molecule has 1 aromatic carbocycles. The first-order valence-corrected chi connectivity index (χ1v) is 6.73. The van der Waals surface area contributed by atoms with Gasteiger partial charge in [-0.15, -0.1) is 0 Å². The standard InChI is InChI=1S/C15H16N2O3/c18-11-7-9-17(10-8-11)15(19)6-5-14-16-12-3-1-2-4-13(12)20-14/h1-6,11,18H,7-10H2/b6-5+. The molecule has 0 atom stereocenters. The fourth-order valence-corrected chi connectivity index (χ4v) is 2.30.